The highest BCUT2D eigenvalue weighted by atomic mass is 16.5. The number of amides is 1. The van der Waals surface area contributed by atoms with Crippen molar-refractivity contribution in [1.82, 2.24) is 15.6 Å². The van der Waals surface area contributed by atoms with Crippen molar-refractivity contribution in [3.05, 3.63) is 90.0 Å². The van der Waals surface area contributed by atoms with Gasteiger partial charge in [0.15, 0.2) is 0 Å². The van der Waals surface area contributed by atoms with Gasteiger partial charge >= 0.3 is 0 Å². The molecule has 0 unspecified atom stereocenters. The number of carbonyl (C=O) groups excluding carboxylic acids is 1. The number of aromatic nitrogens is 1. The number of para-hydroxylation sites is 1. The van der Waals surface area contributed by atoms with Gasteiger partial charge in [-0.05, 0) is 48.4 Å². The van der Waals surface area contributed by atoms with Gasteiger partial charge < -0.3 is 19.5 Å². The highest BCUT2D eigenvalue weighted by Gasteiger charge is 2.19. The lowest BCUT2D eigenvalue weighted by Gasteiger charge is -2.19. The lowest BCUT2D eigenvalue weighted by Crippen LogP contribution is -2.37. The minimum Gasteiger partial charge on any atom is -0.497 e. The molecule has 0 aliphatic carbocycles. The molecule has 0 saturated heterocycles. The zero-order chi connectivity index (χ0) is 21.6. The van der Waals surface area contributed by atoms with Crippen LogP contribution in [0.2, 0.25) is 0 Å². The number of fused-ring (bicyclic) bond motifs is 1. The average Bonchev–Trinajstić information content (AvgIpc) is 3.49. The van der Waals surface area contributed by atoms with Gasteiger partial charge in [0, 0.05) is 29.6 Å². The van der Waals surface area contributed by atoms with Crippen molar-refractivity contribution < 1.29 is 13.9 Å². The normalized spacial score (nSPS) is 13.1. The van der Waals surface area contributed by atoms with E-state index in [0.717, 1.165) is 33.5 Å². The number of rotatable bonds is 9. The number of H-pyrrole nitrogens is 1. The third-order valence-electron chi connectivity index (χ3n) is 5.56. The number of carbonyl (C=O) groups is 1. The number of hydrogen-bond acceptors (Lipinski definition) is 4. The molecule has 0 saturated carbocycles. The first-order chi connectivity index (χ1) is 15.2. The monoisotopic (exact) mass is 417 g/mol. The Bertz CT molecular complexity index is 1120. The summed E-state index contributed by atoms with van der Waals surface area (Å²) < 4.78 is 10.7. The summed E-state index contributed by atoms with van der Waals surface area (Å²) in [5.74, 6) is 1.56. The summed E-state index contributed by atoms with van der Waals surface area (Å²) in [5.41, 5.74) is 3.34. The summed E-state index contributed by atoms with van der Waals surface area (Å²) in [5, 5.41) is 7.44. The van der Waals surface area contributed by atoms with Crippen LogP contribution in [-0.2, 0) is 4.79 Å². The number of aromatic amines is 1. The molecule has 1 amide bonds. The van der Waals surface area contributed by atoms with Gasteiger partial charge in [-0.1, -0.05) is 30.3 Å². The molecule has 2 atom stereocenters. The van der Waals surface area contributed by atoms with Crippen LogP contribution in [0.1, 0.15) is 35.8 Å². The molecule has 0 spiro atoms. The minimum atomic E-state index is -0.0586. The molecule has 4 aromatic rings. The fourth-order valence-electron chi connectivity index (χ4n) is 3.79. The van der Waals surface area contributed by atoms with Gasteiger partial charge in [-0.15, -0.1) is 0 Å². The van der Waals surface area contributed by atoms with Gasteiger partial charge in [0.2, 0.25) is 5.91 Å². The maximum absolute atomic E-state index is 12.6. The summed E-state index contributed by atoms with van der Waals surface area (Å²) in [6.45, 7) is 2.67. The van der Waals surface area contributed by atoms with Crippen LogP contribution >= 0.6 is 0 Å². The summed E-state index contributed by atoms with van der Waals surface area (Å²) in [6, 6.07) is 19.9. The fraction of sp³-hybridized carbons (Fsp3) is 0.240. The Morgan fingerprint density at radius 1 is 1.10 bits per heavy atom. The van der Waals surface area contributed by atoms with Gasteiger partial charge in [0.05, 0.1) is 26.0 Å². The van der Waals surface area contributed by atoms with Crippen molar-refractivity contribution in [3.63, 3.8) is 0 Å². The predicted molar refractivity (Wildman–Crippen MR) is 121 cm³/mol. The summed E-state index contributed by atoms with van der Waals surface area (Å²) >= 11 is 0. The van der Waals surface area contributed by atoms with Crippen molar-refractivity contribution in [2.45, 2.75) is 18.9 Å². The number of methoxy groups -OCH3 is 1. The Hall–Kier alpha value is -3.51. The van der Waals surface area contributed by atoms with Crippen molar-refractivity contribution in [2.24, 2.45) is 0 Å². The topological polar surface area (TPSA) is 79.3 Å². The molecule has 0 aliphatic heterocycles. The van der Waals surface area contributed by atoms with E-state index in [-0.39, 0.29) is 24.4 Å². The van der Waals surface area contributed by atoms with Crippen molar-refractivity contribution >= 4 is 16.8 Å². The van der Waals surface area contributed by atoms with Crippen LogP contribution in [0.25, 0.3) is 10.9 Å². The summed E-state index contributed by atoms with van der Waals surface area (Å²) in [4.78, 5) is 15.9. The fourth-order valence-corrected chi connectivity index (χ4v) is 3.79. The molecular formula is C25H27N3O3. The van der Waals surface area contributed by atoms with Crippen molar-refractivity contribution in [3.8, 4) is 5.75 Å². The molecule has 6 nitrogen and oxygen atoms in total. The number of hydrogen-bond donors (Lipinski definition) is 3. The van der Waals surface area contributed by atoms with Crippen molar-refractivity contribution in [1.29, 1.82) is 0 Å². The molecule has 0 radical (unpaired) electrons. The SMILES string of the molecule is COc1ccc([C@H](CNC(=O)CN[C@H](C)c2ccco2)c2c[nH]c3ccccc23)cc1. The first-order valence-electron chi connectivity index (χ1n) is 10.4. The van der Waals surface area contributed by atoms with E-state index in [0.29, 0.717) is 6.54 Å². The Morgan fingerprint density at radius 3 is 2.65 bits per heavy atom. The first-order valence-corrected chi connectivity index (χ1v) is 10.4. The highest BCUT2D eigenvalue weighted by molar-refractivity contribution is 5.84. The molecule has 160 valence electrons. The van der Waals surface area contributed by atoms with Crippen LogP contribution in [0.3, 0.4) is 0 Å². The first kappa shape index (κ1) is 20.8. The number of benzene rings is 2. The average molecular weight is 418 g/mol. The second-order valence-corrected chi connectivity index (χ2v) is 7.54. The standard InChI is InChI=1S/C25H27N3O3/c1-17(24-8-5-13-31-24)26-16-25(29)28-14-21(18-9-11-19(30-2)12-10-18)22-15-27-23-7-4-3-6-20(22)23/h3-13,15,17,21,26-27H,14,16H2,1-2H3,(H,28,29)/t17-,21+/m1/s1. The molecule has 2 aromatic carbocycles. The molecule has 0 aliphatic rings. The second kappa shape index (κ2) is 9.53. The van der Waals surface area contributed by atoms with E-state index in [1.807, 2.05) is 49.5 Å². The minimum absolute atomic E-state index is 0.00787. The van der Waals surface area contributed by atoms with E-state index in [9.17, 15) is 4.79 Å². The van der Waals surface area contributed by atoms with Crippen LogP contribution in [0.5, 0.6) is 5.75 Å². The smallest absolute Gasteiger partial charge is 0.234 e. The molecule has 6 heteroatoms. The van der Waals surface area contributed by atoms with Crippen LogP contribution in [0.4, 0.5) is 0 Å². The Kier molecular flexibility index (Phi) is 6.38. The molecule has 2 heterocycles. The zero-order valence-electron chi connectivity index (χ0n) is 17.7. The largest absolute Gasteiger partial charge is 0.497 e. The summed E-state index contributed by atoms with van der Waals surface area (Å²) in [7, 11) is 1.66. The van der Waals surface area contributed by atoms with Gasteiger partial charge in [-0.25, -0.2) is 0 Å². The lowest BCUT2D eigenvalue weighted by molar-refractivity contribution is -0.120. The van der Waals surface area contributed by atoms with Gasteiger partial charge in [-0.2, -0.15) is 0 Å². The van der Waals surface area contributed by atoms with E-state index in [4.69, 9.17) is 9.15 Å². The molecule has 0 bridgehead atoms. The quantitative estimate of drug-likeness (QED) is 0.378. The van der Waals surface area contributed by atoms with E-state index in [1.165, 1.54) is 0 Å². The molecular weight excluding hydrogens is 390 g/mol. The molecule has 3 N–H and O–H groups in total. The third-order valence-corrected chi connectivity index (χ3v) is 5.56. The van der Waals surface area contributed by atoms with Gasteiger partial charge in [0.25, 0.3) is 0 Å². The van der Waals surface area contributed by atoms with Crippen LogP contribution in [-0.4, -0.2) is 31.1 Å². The summed E-state index contributed by atoms with van der Waals surface area (Å²) in [6.07, 6.45) is 3.66. The highest BCUT2D eigenvalue weighted by Crippen LogP contribution is 2.31. The van der Waals surface area contributed by atoms with Crippen LogP contribution in [0, 0.1) is 0 Å². The van der Waals surface area contributed by atoms with Crippen LogP contribution in [0.15, 0.2) is 77.5 Å². The third kappa shape index (κ3) is 4.81. The molecule has 4 rings (SSSR count). The zero-order valence-corrected chi connectivity index (χ0v) is 17.7. The Morgan fingerprint density at radius 2 is 1.90 bits per heavy atom. The molecule has 2 aromatic heterocycles. The van der Waals surface area contributed by atoms with E-state index in [1.54, 1.807) is 13.4 Å². The molecule has 0 fully saturated rings. The second-order valence-electron chi connectivity index (χ2n) is 7.54. The van der Waals surface area contributed by atoms with E-state index in [2.05, 4.69) is 39.9 Å². The predicted octanol–water partition coefficient (Wildman–Crippen LogP) is 4.37. The van der Waals surface area contributed by atoms with E-state index >= 15 is 0 Å². The Labute approximate surface area is 181 Å². The van der Waals surface area contributed by atoms with Gasteiger partial charge in [-0.3, -0.25) is 10.1 Å². The maximum Gasteiger partial charge on any atom is 0.234 e. The number of ether oxygens (including phenoxy) is 1. The maximum atomic E-state index is 12.6. The van der Waals surface area contributed by atoms with Crippen molar-refractivity contribution in [2.75, 3.05) is 20.2 Å². The number of furan rings is 1. The van der Waals surface area contributed by atoms with Gasteiger partial charge in [0.1, 0.15) is 11.5 Å². The Balaban J connectivity index is 1.48. The van der Waals surface area contributed by atoms with Crippen LogP contribution < -0.4 is 15.4 Å². The molecule has 31 heavy (non-hydrogen) atoms. The lowest BCUT2D eigenvalue weighted by atomic mass is 9.91. The van der Waals surface area contributed by atoms with E-state index < -0.39 is 0 Å². The number of nitrogens with one attached hydrogen (secondary N) is 3.